The minimum atomic E-state index is -0.0282. The summed E-state index contributed by atoms with van der Waals surface area (Å²) in [7, 11) is 0. The van der Waals surface area contributed by atoms with Gasteiger partial charge in [-0.25, -0.2) is 0 Å². The van der Waals surface area contributed by atoms with Crippen LogP contribution in [0, 0.1) is 0 Å². The lowest BCUT2D eigenvalue weighted by atomic mass is 9.96. The molecule has 0 radical (unpaired) electrons. The Morgan fingerprint density at radius 2 is 1.80 bits per heavy atom. The number of rotatable bonds is 3. The fourth-order valence-electron chi connectivity index (χ4n) is 2.86. The topological polar surface area (TPSA) is 26.0 Å². The lowest BCUT2D eigenvalue weighted by Gasteiger charge is -2.15. The molecule has 0 bridgehead atoms. The van der Waals surface area contributed by atoms with Gasteiger partial charge in [-0.3, -0.25) is 0 Å². The molecule has 2 aromatic rings. The summed E-state index contributed by atoms with van der Waals surface area (Å²) in [6.45, 7) is 0. The van der Waals surface area contributed by atoms with Crippen molar-refractivity contribution in [1.29, 1.82) is 0 Å². The highest BCUT2D eigenvalue weighted by atomic mass is 35.5. The van der Waals surface area contributed by atoms with E-state index in [0.29, 0.717) is 10.0 Å². The molecule has 3 heteroatoms. The molecule has 1 nitrogen and oxygen atoms in total. The number of nitrogens with two attached hydrogens (primary N) is 1. The van der Waals surface area contributed by atoms with Crippen LogP contribution in [0.15, 0.2) is 36.4 Å². The van der Waals surface area contributed by atoms with Crippen molar-refractivity contribution in [2.75, 3.05) is 0 Å². The fraction of sp³-hybridized carbons (Fsp3) is 0.294. The van der Waals surface area contributed by atoms with Gasteiger partial charge in [0.1, 0.15) is 0 Å². The van der Waals surface area contributed by atoms with E-state index in [2.05, 4.69) is 18.2 Å². The number of aryl methyl sites for hydroxylation is 2. The summed E-state index contributed by atoms with van der Waals surface area (Å²) in [5, 5.41) is 1.35. The van der Waals surface area contributed by atoms with Gasteiger partial charge in [0.2, 0.25) is 0 Å². The van der Waals surface area contributed by atoms with Crippen LogP contribution in [0.4, 0.5) is 0 Å². The molecule has 1 aliphatic carbocycles. The number of benzene rings is 2. The van der Waals surface area contributed by atoms with Gasteiger partial charge >= 0.3 is 0 Å². The van der Waals surface area contributed by atoms with Gasteiger partial charge in [-0.1, -0.05) is 47.5 Å². The van der Waals surface area contributed by atoms with Crippen LogP contribution in [-0.2, 0) is 19.3 Å². The second-order valence-electron chi connectivity index (χ2n) is 5.43. The van der Waals surface area contributed by atoms with E-state index in [-0.39, 0.29) is 6.04 Å². The lowest BCUT2D eigenvalue weighted by molar-refractivity contribution is 0.721. The molecule has 104 valence electrons. The van der Waals surface area contributed by atoms with Crippen molar-refractivity contribution in [2.45, 2.75) is 31.7 Å². The zero-order chi connectivity index (χ0) is 14.1. The zero-order valence-electron chi connectivity index (χ0n) is 11.2. The van der Waals surface area contributed by atoms with Crippen molar-refractivity contribution >= 4 is 23.2 Å². The minimum absolute atomic E-state index is 0.0282. The van der Waals surface area contributed by atoms with Gasteiger partial charge in [0, 0.05) is 16.1 Å². The SMILES string of the molecule is NC(Cc1ccc(Cl)cc1Cl)c1ccc2c(c1)CCC2. The lowest BCUT2D eigenvalue weighted by Crippen LogP contribution is -2.14. The Morgan fingerprint density at radius 3 is 2.60 bits per heavy atom. The normalized spacial score (nSPS) is 15.2. The van der Waals surface area contributed by atoms with E-state index in [9.17, 15) is 0 Å². The quantitative estimate of drug-likeness (QED) is 0.872. The average molecular weight is 306 g/mol. The predicted molar refractivity (Wildman–Crippen MR) is 85.6 cm³/mol. The van der Waals surface area contributed by atoms with Crippen LogP contribution >= 0.6 is 23.2 Å². The molecule has 2 aromatic carbocycles. The van der Waals surface area contributed by atoms with Gasteiger partial charge in [0.25, 0.3) is 0 Å². The molecule has 0 fully saturated rings. The van der Waals surface area contributed by atoms with Gasteiger partial charge in [-0.2, -0.15) is 0 Å². The van der Waals surface area contributed by atoms with E-state index in [0.717, 1.165) is 12.0 Å². The molecule has 0 saturated heterocycles. The summed E-state index contributed by atoms with van der Waals surface area (Å²) < 4.78 is 0. The van der Waals surface area contributed by atoms with Crippen molar-refractivity contribution in [2.24, 2.45) is 5.73 Å². The maximum absolute atomic E-state index is 6.34. The third kappa shape index (κ3) is 2.85. The molecular weight excluding hydrogens is 289 g/mol. The molecule has 0 aromatic heterocycles. The van der Waals surface area contributed by atoms with Gasteiger partial charge in [0.05, 0.1) is 0 Å². The van der Waals surface area contributed by atoms with Crippen molar-refractivity contribution in [3.63, 3.8) is 0 Å². The second kappa shape index (κ2) is 5.77. The average Bonchev–Trinajstić information content (AvgIpc) is 2.89. The van der Waals surface area contributed by atoms with Crippen LogP contribution < -0.4 is 5.73 Å². The molecule has 3 rings (SSSR count). The maximum atomic E-state index is 6.34. The Hall–Kier alpha value is -1.02. The van der Waals surface area contributed by atoms with E-state index in [1.807, 2.05) is 12.1 Å². The zero-order valence-corrected chi connectivity index (χ0v) is 12.7. The number of fused-ring (bicyclic) bond motifs is 1. The third-order valence-corrected chi connectivity index (χ3v) is 4.59. The van der Waals surface area contributed by atoms with Gasteiger partial charge in [-0.15, -0.1) is 0 Å². The molecule has 2 N–H and O–H groups in total. The smallest absolute Gasteiger partial charge is 0.0453 e. The molecule has 0 amide bonds. The number of halogens is 2. The Morgan fingerprint density at radius 1 is 1.00 bits per heavy atom. The van der Waals surface area contributed by atoms with E-state index in [1.165, 1.54) is 36.0 Å². The van der Waals surface area contributed by atoms with Gasteiger partial charge in [-0.05, 0) is 60.1 Å². The highest BCUT2D eigenvalue weighted by Crippen LogP contribution is 2.28. The highest BCUT2D eigenvalue weighted by molar-refractivity contribution is 6.35. The summed E-state index contributed by atoms with van der Waals surface area (Å²) in [5.41, 5.74) is 11.5. The van der Waals surface area contributed by atoms with Crippen molar-refractivity contribution in [1.82, 2.24) is 0 Å². The highest BCUT2D eigenvalue weighted by Gasteiger charge is 2.15. The van der Waals surface area contributed by atoms with Gasteiger partial charge in [0.15, 0.2) is 0 Å². The molecule has 0 saturated carbocycles. The fourth-order valence-corrected chi connectivity index (χ4v) is 3.35. The first-order valence-corrected chi connectivity index (χ1v) is 7.70. The summed E-state index contributed by atoms with van der Waals surface area (Å²) in [6, 6.07) is 12.2. The Bertz CT molecular complexity index is 637. The summed E-state index contributed by atoms with van der Waals surface area (Å²) in [4.78, 5) is 0. The van der Waals surface area contributed by atoms with E-state index >= 15 is 0 Å². The van der Waals surface area contributed by atoms with Crippen LogP contribution in [0.2, 0.25) is 10.0 Å². The summed E-state index contributed by atoms with van der Waals surface area (Å²) in [6.07, 6.45) is 4.37. The molecule has 20 heavy (non-hydrogen) atoms. The van der Waals surface area contributed by atoms with Crippen LogP contribution in [0.5, 0.6) is 0 Å². The second-order valence-corrected chi connectivity index (χ2v) is 6.27. The van der Waals surface area contributed by atoms with Crippen LogP contribution in [0.3, 0.4) is 0 Å². The van der Waals surface area contributed by atoms with E-state index in [4.69, 9.17) is 28.9 Å². The summed E-state index contributed by atoms with van der Waals surface area (Å²) >= 11 is 12.1. The first-order chi connectivity index (χ1) is 9.63. The van der Waals surface area contributed by atoms with Crippen molar-refractivity contribution < 1.29 is 0 Å². The minimum Gasteiger partial charge on any atom is -0.324 e. The third-order valence-electron chi connectivity index (χ3n) is 4.01. The van der Waals surface area contributed by atoms with E-state index < -0.39 is 0 Å². The molecule has 1 unspecified atom stereocenters. The Balaban J connectivity index is 1.80. The first kappa shape index (κ1) is 13.9. The van der Waals surface area contributed by atoms with Gasteiger partial charge < -0.3 is 5.73 Å². The van der Waals surface area contributed by atoms with Crippen molar-refractivity contribution in [3.05, 3.63) is 68.7 Å². The number of hydrogen-bond acceptors (Lipinski definition) is 1. The molecular formula is C17H17Cl2N. The molecule has 0 spiro atoms. The largest absolute Gasteiger partial charge is 0.324 e. The molecule has 1 aliphatic rings. The van der Waals surface area contributed by atoms with E-state index in [1.54, 1.807) is 6.07 Å². The van der Waals surface area contributed by atoms with Crippen LogP contribution in [0.25, 0.3) is 0 Å². The maximum Gasteiger partial charge on any atom is 0.0453 e. The Kier molecular flexibility index (Phi) is 4.02. The molecule has 1 atom stereocenters. The monoisotopic (exact) mass is 305 g/mol. The summed E-state index contributed by atoms with van der Waals surface area (Å²) in [5.74, 6) is 0. The predicted octanol–water partition coefficient (Wildman–Crippen LogP) is 4.72. The van der Waals surface area contributed by atoms with Crippen LogP contribution in [0.1, 0.15) is 34.7 Å². The Labute approximate surface area is 129 Å². The molecule has 0 aliphatic heterocycles. The first-order valence-electron chi connectivity index (χ1n) is 6.94. The molecule has 0 heterocycles. The standard InChI is InChI=1S/C17H17Cl2N/c18-15-7-6-13(16(19)10-15)9-17(20)14-5-4-11-2-1-3-12(11)8-14/h4-8,10,17H,1-3,9,20H2. The van der Waals surface area contributed by atoms with Crippen LogP contribution in [-0.4, -0.2) is 0 Å². The van der Waals surface area contributed by atoms with Crippen molar-refractivity contribution in [3.8, 4) is 0 Å². The number of hydrogen-bond donors (Lipinski definition) is 1.